The fraction of sp³-hybridized carbons (Fsp3) is 0.273. The van der Waals surface area contributed by atoms with Crippen molar-refractivity contribution in [1.82, 2.24) is 0 Å². The Morgan fingerprint density at radius 2 is 1.93 bits per heavy atom. The fourth-order valence-corrected chi connectivity index (χ4v) is 1.26. The van der Waals surface area contributed by atoms with Crippen LogP contribution in [-0.4, -0.2) is 19.3 Å². The van der Waals surface area contributed by atoms with E-state index in [4.69, 9.17) is 9.47 Å². The van der Waals surface area contributed by atoms with Gasteiger partial charge in [-0.15, -0.1) is 6.58 Å². The van der Waals surface area contributed by atoms with E-state index in [0.29, 0.717) is 17.9 Å². The van der Waals surface area contributed by atoms with Gasteiger partial charge in [0, 0.05) is 11.6 Å². The van der Waals surface area contributed by atoms with Crippen LogP contribution in [0.2, 0.25) is 0 Å². The van der Waals surface area contributed by atoms with Crippen molar-refractivity contribution in [3.8, 4) is 17.2 Å². The minimum Gasteiger partial charge on any atom is -0.504 e. The summed E-state index contributed by atoms with van der Waals surface area (Å²) in [5.41, 5.74) is 0.890. The third kappa shape index (κ3) is 1.99. The third-order valence-electron chi connectivity index (χ3n) is 1.95. The van der Waals surface area contributed by atoms with Gasteiger partial charge in [-0.2, -0.15) is 0 Å². The van der Waals surface area contributed by atoms with Crippen LogP contribution < -0.4 is 9.47 Å². The Balaban J connectivity index is 3.16. The first-order chi connectivity index (χ1) is 6.72. The number of hydrogen-bond acceptors (Lipinski definition) is 3. The molecule has 0 spiro atoms. The standard InChI is InChI=1S/C11H14O3/c1-4-5-8-6-9(12)11(14-3)7-10(8)13-2/h4,6-7,12H,1,5H2,2-3H3. The van der Waals surface area contributed by atoms with Crippen molar-refractivity contribution in [2.45, 2.75) is 6.42 Å². The third-order valence-corrected chi connectivity index (χ3v) is 1.95. The van der Waals surface area contributed by atoms with E-state index in [1.165, 1.54) is 7.11 Å². The Kier molecular flexibility index (Phi) is 3.40. The first-order valence-electron chi connectivity index (χ1n) is 4.27. The van der Waals surface area contributed by atoms with E-state index in [2.05, 4.69) is 6.58 Å². The first-order valence-corrected chi connectivity index (χ1v) is 4.27. The van der Waals surface area contributed by atoms with Crippen LogP contribution in [0.5, 0.6) is 17.2 Å². The summed E-state index contributed by atoms with van der Waals surface area (Å²) < 4.78 is 10.1. The van der Waals surface area contributed by atoms with Gasteiger partial charge in [-0.25, -0.2) is 0 Å². The van der Waals surface area contributed by atoms with Crippen molar-refractivity contribution in [2.24, 2.45) is 0 Å². The smallest absolute Gasteiger partial charge is 0.164 e. The van der Waals surface area contributed by atoms with Crippen LogP contribution in [0.4, 0.5) is 0 Å². The summed E-state index contributed by atoms with van der Waals surface area (Å²) in [6, 6.07) is 3.29. The summed E-state index contributed by atoms with van der Waals surface area (Å²) >= 11 is 0. The van der Waals surface area contributed by atoms with Gasteiger partial charge in [0.25, 0.3) is 0 Å². The maximum absolute atomic E-state index is 9.52. The minimum absolute atomic E-state index is 0.116. The van der Waals surface area contributed by atoms with Crippen LogP contribution in [0, 0.1) is 0 Å². The summed E-state index contributed by atoms with van der Waals surface area (Å²) in [5, 5.41) is 9.52. The largest absolute Gasteiger partial charge is 0.504 e. The average Bonchev–Trinajstić information content (AvgIpc) is 2.19. The molecule has 0 saturated heterocycles. The highest BCUT2D eigenvalue weighted by Gasteiger charge is 2.08. The molecule has 0 aliphatic rings. The highest BCUT2D eigenvalue weighted by molar-refractivity contribution is 5.50. The van der Waals surface area contributed by atoms with Crippen LogP contribution in [-0.2, 0) is 6.42 Å². The molecule has 0 atom stereocenters. The summed E-state index contributed by atoms with van der Waals surface area (Å²) in [6.45, 7) is 3.64. The molecule has 1 aromatic carbocycles. The molecule has 76 valence electrons. The van der Waals surface area contributed by atoms with E-state index in [0.717, 1.165) is 5.56 Å². The molecule has 0 fully saturated rings. The number of benzene rings is 1. The number of phenolic OH excluding ortho intramolecular Hbond substituents is 1. The van der Waals surface area contributed by atoms with Crippen molar-refractivity contribution in [2.75, 3.05) is 14.2 Å². The Labute approximate surface area is 83.6 Å². The second kappa shape index (κ2) is 4.56. The molecule has 0 aliphatic carbocycles. The molecule has 14 heavy (non-hydrogen) atoms. The van der Waals surface area contributed by atoms with E-state index >= 15 is 0 Å². The van der Waals surface area contributed by atoms with Crippen molar-refractivity contribution >= 4 is 0 Å². The predicted molar refractivity (Wildman–Crippen MR) is 55.1 cm³/mol. The Bertz CT molecular complexity index is 332. The van der Waals surface area contributed by atoms with Crippen molar-refractivity contribution in [1.29, 1.82) is 0 Å². The maximum atomic E-state index is 9.52. The van der Waals surface area contributed by atoms with Gasteiger partial charge in [0.05, 0.1) is 14.2 Å². The number of hydrogen-bond donors (Lipinski definition) is 1. The van der Waals surface area contributed by atoms with Gasteiger partial charge in [-0.3, -0.25) is 0 Å². The predicted octanol–water partition coefficient (Wildman–Crippen LogP) is 2.14. The van der Waals surface area contributed by atoms with E-state index in [1.807, 2.05) is 0 Å². The van der Waals surface area contributed by atoms with Crippen LogP contribution in [0.3, 0.4) is 0 Å². The lowest BCUT2D eigenvalue weighted by Crippen LogP contribution is -1.93. The number of phenols is 1. The normalized spacial score (nSPS) is 9.57. The average molecular weight is 194 g/mol. The highest BCUT2D eigenvalue weighted by atomic mass is 16.5. The monoisotopic (exact) mass is 194 g/mol. The second-order valence-corrected chi connectivity index (χ2v) is 2.83. The minimum atomic E-state index is 0.116. The molecule has 1 N–H and O–H groups in total. The Morgan fingerprint density at radius 3 is 2.43 bits per heavy atom. The molecule has 0 unspecified atom stereocenters. The zero-order chi connectivity index (χ0) is 10.6. The molecule has 1 rings (SSSR count). The number of rotatable bonds is 4. The van der Waals surface area contributed by atoms with Crippen LogP contribution in [0.15, 0.2) is 24.8 Å². The molecule has 0 amide bonds. The first kappa shape index (κ1) is 10.4. The lowest BCUT2D eigenvalue weighted by Gasteiger charge is -2.10. The molecule has 0 aromatic heterocycles. The Hall–Kier alpha value is -1.64. The SMILES string of the molecule is C=CCc1cc(O)c(OC)cc1OC. The van der Waals surface area contributed by atoms with E-state index in [1.54, 1.807) is 25.3 Å². The molecule has 0 radical (unpaired) electrons. The van der Waals surface area contributed by atoms with Gasteiger partial charge in [0.15, 0.2) is 11.5 Å². The van der Waals surface area contributed by atoms with Gasteiger partial charge >= 0.3 is 0 Å². The van der Waals surface area contributed by atoms with Gasteiger partial charge in [0.1, 0.15) is 5.75 Å². The van der Waals surface area contributed by atoms with Crippen LogP contribution >= 0.6 is 0 Å². The zero-order valence-electron chi connectivity index (χ0n) is 8.41. The van der Waals surface area contributed by atoms with Crippen LogP contribution in [0.25, 0.3) is 0 Å². The second-order valence-electron chi connectivity index (χ2n) is 2.83. The zero-order valence-corrected chi connectivity index (χ0v) is 8.41. The van der Waals surface area contributed by atoms with E-state index < -0.39 is 0 Å². The van der Waals surface area contributed by atoms with Gasteiger partial charge in [-0.1, -0.05) is 6.08 Å². The lowest BCUT2D eigenvalue weighted by atomic mass is 10.1. The number of allylic oxidation sites excluding steroid dienone is 1. The molecule has 3 heteroatoms. The summed E-state index contributed by atoms with van der Waals surface area (Å²) in [7, 11) is 3.08. The van der Waals surface area contributed by atoms with Crippen molar-refractivity contribution in [3.05, 3.63) is 30.4 Å². The number of methoxy groups -OCH3 is 2. The molecule has 3 nitrogen and oxygen atoms in total. The van der Waals surface area contributed by atoms with Gasteiger partial charge in [0.2, 0.25) is 0 Å². The van der Waals surface area contributed by atoms with E-state index in [9.17, 15) is 5.11 Å². The number of aromatic hydroxyl groups is 1. The van der Waals surface area contributed by atoms with Gasteiger partial charge in [-0.05, 0) is 12.5 Å². The van der Waals surface area contributed by atoms with Crippen molar-refractivity contribution < 1.29 is 14.6 Å². The lowest BCUT2D eigenvalue weighted by molar-refractivity contribution is 0.362. The number of ether oxygens (including phenoxy) is 2. The molecular weight excluding hydrogens is 180 g/mol. The molecule has 0 aliphatic heterocycles. The van der Waals surface area contributed by atoms with E-state index in [-0.39, 0.29) is 5.75 Å². The van der Waals surface area contributed by atoms with Crippen molar-refractivity contribution in [3.63, 3.8) is 0 Å². The topological polar surface area (TPSA) is 38.7 Å². The van der Waals surface area contributed by atoms with Crippen LogP contribution in [0.1, 0.15) is 5.56 Å². The van der Waals surface area contributed by atoms with Gasteiger partial charge < -0.3 is 14.6 Å². The quantitative estimate of drug-likeness (QED) is 0.746. The summed E-state index contributed by atoms with van der Waals surface area (Å²) in [5.74, 6) is 1.22. The summed E-state index contributed by atoms with van der Waals surface area (Å²) in [4.78, 5) is 0. The summed E-state index contributed by atoms with van der Waals surface area (Å²) in [6.07, 6.45) is 2.41. The molecule has 0 bridgehead atoms. The maximum Gasteiger partial charge on any atom is 0.164 e. The molecule has 0 saturated carbocycles. The Morgan fingerprint density at radius 1 is 1.29 bits per heavy atom. The highest BCUT2D eigenvalue weighted by Crippen LogP contribution is 2.33. The molecule has 1 aromatic rings. The molecular formula is C11H14O3. The fourth-order valence-electron chi connectivity index (χ4n) is 1.26. The molecule has 0 heterocycles.